The van der Waals surface area contributed by atoms with Crippen LogP contribution in [0.15, 0.2) is 22.7 Å². The number of aromatic nitrogens is 2. The van der Waals surface area contributed by atoms with Crippen LogP contribution in [0.3, 0.4) is 0 Å². The van der Waals surface area contributed by atoms with Crippen LogP contribution in [0, 0.1) is 12.7 Å². The SMILES string of the molecule is Cc1c(N)nc(C2CC2)nc1Nc1cc(Br)ccc1F. The fraction of sp³-hybridized carbons (Fsp3) is 0.286. The van der Waals surface area contributed by atoms with Crippen molar-refractivity contribution >= 4 is 33.3 Å². The molecule has 1 aliphatic carbocycles. The fourth-order valence-electron chi connectivity index (χ4n) is 1.92. The molecule has 6 heteroatoms. The molecule has 4 nitrogen and oxygen atoms in total. The van der Waals surface area contributed by atoms with Gasteiger partial charge in [0.15, 0.2) is 0 Å². The molecule has 0 unspecified atom stereocenters. The number of anilines is 3. The van der Waals surface area contributed by atoms with E-state index < -0.39 is 0 Å². The largest absolute Gasteiger partial charge is 0.383 e. The maximum absolute atomic E-state index is 13.8. The molecular weight excluding hydrogens is 323 g/mol. The molecule has 0 saturated heterocycles. The summed E-state index contributed by atoms with van der Waals surface area (Å²) in [5.41, 5.74) is 7.01. The van der Waals surface area contributed by atoms with Gasteiger partial charge in [-0.3, -0.25) is 0 Å². The summed E-state index contributed by atoms with van der Waals surface area (Å²) in [6.45, 7) is 1.82. The van der Waals surface area contributed by atoms with Crippen LogP contribution in [-0.4, -0.2) is 9.97 Å². The van der Waals surface area contributed by atoms with Crippen LogP contribution in [0.25, 0.3) is 0 Å². The Balaban J connectivity index is 1.99. The predicted octanol–water partition coefficient (Wildman–Crippen LogP) is 3.89. The molecule has 0 amide bonds. The summed E-state index contributed by atoms with van der Waals surface area (Å²) in [6.07, 6.45) is 2.18. The van der Waals surface area contributed by atoms with E-state index >= 15 is 0 Å². The third-order valence-electron chi connectivity index (χ3n) is 3.32. The lowest BCUT2D eigenvalue weighted by Gasteiger charge is -2.12. The Kier molecular flexibility index (Phi) is 3.33. The maximum Gasteiger partial charge on any atom is 0.146 e. The first-order chi connectivity index (χ1) is 9.54. The van der Waals surface area contributed by atoms with E-state index in [2.05, 4.69) is 31.2 Å². The minimum atomic E-state index is -0.335. The summed E-state index contributed by atoms with van der Waals surface area (Å²) < 4.78 is 14.6. The van der Waals surface area contributed by atoms with Crippen molar-refractivity contribution in [3.63, 3.8) is 0 Å². The molecule has 3 N–H and O–H groups in total. The van der Waals surface area contributed by atoms with Gasteiger partial charge in [0.2, 0.25) is 0 Å². The van der Waals surface area contributed by atoms with Crippen LogP contribution in [-0.2, 0) is 0 Å². The summed E-state index contributed by atoms with van der Waals surface area (Å²) in [4.78, 5) is 8.78. The summed E-state index contributed by atoms with van der Waals surface area (Å²) in [5.74, 6) is 1.81. The van der Waals surface area contributed by atoms with Crippen LogP contribution in [0.1, 0.15) is 30.1 Å². The standard InChI is InChI=1S/C14H14BrFN4/c1-7-12(17)19-14(8-2-3-8)20-13(7)18-11-6-9(15)4-5-10(11)16/h4-6,8H,2-3H2,1H3,(H3,17,18,19,20). The average molecular weight is 337 g/mol. The van der Waals surface area contributed by atoms with Crippen LogP contribution >= 0.6 is 15.9 Å². The second kappa shape index (κ2) is 5.01. The molecule has 1 aromatic carbocycles. The van der Waals surface area contributed by atoms with Gasteiger partial charge in [-0.25, -0.2) is 14.4 Å². The number of hydrogen-bond acceptors (Lipinski definition) is 4. The molecular formula is C14H14BrFN4. The van der Waals surface area contributed by atoms with E-state index in [0.29, 0.717) is 23.2 Å². The summed E-state index contributed by atoms with van der Waals surface area (Å²) >= 11 is 3.33. The van der Waals surface area contributed by atoms with Gasteiger partial charge in [-0.1, -0.05) is 15.9 Å². The van der Waals surface area contributed by atoms with Gasteiger partial charge in [0, 0.05) is 16.0 Å². The summed E-state index contributed by atoms with van der Waals surface area (Å²) in [7, 11) is 0. The molecule has 0 spiro atoms. The van der Waals surface area contributed by atoms with Gasteiger partial charge >= 0.3 is 0 Å². The molecule has 1 aromatic heterocycles. The zero-order chi connectivity index (χ0) is 14.3. The Labute approximate surface area is 124 Å². The third kappa shape index (κ3) is 2.60. The van der Waals surface area contributed by atoms with Gasteiger partial charge in [-0.15, -0.1) is 0 Å². The summed E-state index contributed by atoms with van der Waals surface area (Å²) in [6, 6.07) is 4.72. The Morgan fingerprint density at radius 3 is 2.80 bits per heavy atom. The van der Waals surface area contributed by atoms with Crippen molar-refractivity contribution in [1.82, 2.24) is 9.97 Å². The smallest absolute Gasteiger partial charge is 0.146 e. The quantitative estimate of drug-likeness (QED) is 0.892. The lowest BCUT2D eigenvalue weighted by atomic mass is 10.2. The van der Waals surface area contributed by atoms with Crippen molar-refractivity contribution in [2.24, 2.45) is 0 Å². The monoisotopic (exact) mass is 336 g/mol. The second-order valence-corrected chi connectivity index (χ2v) is 5.88. The van der Waals surface area contributed by atoms with Crippen LogP contribution in [0.4, 0.5) is 21.7 Å². The van der Waals surface area contributed by atoms with Crippen molar-refractivity contribution in [1.29, 1.82) is 0 Å². The Hall–Kier alpha value is -1.69. The first-order valence-corrected chi connectivity index (χ1v) is 7.20. The first-order valence-electron chi connectivity index (χ1n) is 6.40. The van der Waals surface area contributed by atoms with E-state index in [1.54, 1.807) is 12.1 Å². The van der Waals surface area contributed by atoms with Gasteiger partial charge < -0.3 is 11.1 Å². The molecule has 1 heterocycles. The van der Waals surface area contributed by atoms with E-state index in [0.717, 1.165) is 28.7 Å². The molecule has 104 valence electrons. The highest BCUT2D eigenvalue weighted by Crippen LogP contribution is 2.39. The van der Waals surface area contributed by atoms with Crippen LogP contribution in [0.2, 0.25) is 0 Å². The number of benzene rings is 1. The predicted molar refractivity (Wildman–Crippen MR) is 80.5 cm³/mol. The molecule has 0 bridgehead atoms. The van der Waals surface area contributed by atoms with Gasteiger partial charge in [0.1, 0.15) is 23.3 Å². The number of nitrogens with two attached hydrogens (primary N) is 1. The maximum atomic E-state index is 13.8. The summed E-state index contributed by atoms with van der Waals surface area (Å²) in [5, 5.41) is 3.01. The lowest BCUT2D eigenvalue weighted by molar-refractivity contribution is 0.631. The molecule has 1 fully saturated rings. The van der Waals surface area contributed by atoms with Gasteiger partial charge in [0.05, 0.1) is 5.69 Å². The zero-order valence-corrected chi connectivity index (χ0v) is 12.5. The number of nitrogens with one attached hydrogen (secondary N) is 1. The van der Waals surface area contributed by atoms with E-state index in [4.69, 9.17) is 5.73 Å². The molecule has 2 aromatic rings. The molecule has 0 aliphatic heterocycles. The molecule has 1 aliphatic rings. The molecule has 1 saturated carbocycles. The van der Waals surface area contributed by atoms with Gasteiger partial charge in [-0.2, -0.15) is 0 Å². The fourth-order valence-corrected chi connectivity index (χ4v) is 2.28. The van der Waals surface area contributed by atoms with Crippen molar-refractivity contribution < 1.29 is 4.39 Å². The molecule has 0 radical (unpaired) electrons. The van der Waals surface area contributed by atoms with E-state index in [1.165, 1.54) is 6.07 Å². The topological polar surface area (TPSA) is 63.8 Å². The number of nitrogens with zero attached hydrogens (tertiary/aromatic N) is 2. The third-order valence-corrected chi connectivity index (χ3v) is 3.82. The number of rotatable bonds is 3. The highest BCUT2D eigenvalue weighted by Gasteiger charge is 2.28. The van der Waals surface area contributed by atoms with Crippen LogP contribution < -0.4 is 11.1 Å². The zero-order valence-electron chi connectivity index (χ0n) is 11.0. The minimum absolute atomic E-state index is 0.335. The van der Waals surface area contributed by atoms with Gasteiger partial charge in [-0.05, 0) is 38.0 Å². The van der Waals surface area contributed by atoms with Crippen molar-refractivity contribution in [3.8, 4) is 0 Å². The number of halogens is 2. The van der Waals surface area contributed by atoms with Crippen LogP contribution in [0.5, 0.6) is 0 Å². The highest BCUT2D eigenvalue weighted by atomic mass is 79.9. The Bertz CT molecular complexity index is 670. The molecule has 0 atom stereocenters. The molecule has 20 heavy (non-hydrogen) atoms. The Morgan fingerprint density at radius 1 is 1.35 bits per heavy atom. The number of hydrogen-bond donors (Lipinski definition) is 2. The number of nitrogen functional groups attached to an aromatic ring is 1. The second-order valence-electron chi connectivity index (χ2n) is 4.96. The van der Waals surface area contributed by atoms with Gasteiger partial charge in [0.25, 0.3) is 0 Å². The van der Waals surface area contributed by atoms with E-state index in [-0.39, 0.29) is 5.82 Å². The van der Waals surface area contributed by atoms with Crippen molar-refractivity contribution in [3.05, 3.63) is 39.9 Å². The first kappa shape index (κ1) is 13.3. The van der Waals surface area contributed by atoms with E-state index in [9.17, 15) is 4.39 Å². The normalized spacial score (nSPS) is 14.3. The van der Waals surface area contributed by atoms with E-state index in [1.807, 2.05) is 6.92 Å². The Morgan fingerprint density at radius 2 is 2.10 bits per heavy atom. The van der Waals surface area contributed by atoms with Crippen molar-refractivity contribution in [2.75, 3.05) is 11.1 Å². The van der Waals surface area contributed by atoms with Crippen molar-refractivity contribution in [2.45, 2.75) is 25.7 Å². The minimum Gasteiger partial charge on any atom is -0.383 e. The average Bonchev–Trinajstić information content (AvgIpc) is 3.23. The highest BCUT2D eigenvalue weighted by molar-refractivity contribution is 9.10. The lowest BCUT2D eigenvalue weighted by Crippen LogP contribution is -2.07. The molecule has 3 rings (SSSR count).